The van der Waals surface area contributed by atoms with Gasteiger partial charge in [-0.3, -0.25) is 0 Å². The van der Waals surface area contributed by atoms with Crippen LogP contribution in [0.1, 0.15) is 18.4 Å². The Bertz CT molecular complexity index is 395. The van der Waals surface area contributed by atoms with Crippen molar-refractivity contribution in [2.45, 2.75) is 25.6 Å². The van der Waals surface area contributed by atoms with Gasteiger partial charge in [-0.05, 0) is 24.5 Å². The van der Waals surface area contributed by atoms with E-state index in [4.69, 9.17) is 5.73 Å². The molecule has 2 N–H and O–H groups in total. The summed E-state index contributed by atoms with van der Waals surface area (Å²) in [5, 5.41) is 0. The van der Waals surface area contributed by atoms with Crippen LogP contribution < -0.4 is 10.6 Å². The zero-order chi connectivity index (χ0) is 13.2. The zero-order valence-corrected chi connectivity index (χ0v) is 10.1. The number of hydrogen-bond donors (Lipinski definition) is 1. The van der Waals surface area contributed by atoms with E-state index in [9.17, 15) is 13.2 Å². The summed E-state index contributed by atoms with van der Waals surface area (Å²) >= 11 is 0. The standard InChI is InChI=1S/C13H17F3N2/c14-13(15,16)11-5-7-18(8-6-11)12-4-2-1-3-10(12)9-17/h1-4,11H,5-9,17H2. The van der Waals surface area contributed by atoms with Crippen molar-refractivity contribution in [3.05, 3.63) is 29.8 Å². The van der Waals surface area contributed by atoms with Crippen molar-refractivity contribution < 1.29 is 13.2 Å². The molecule has 1 aromatic rings. The summed E-state index contributed by atoms with van der Waals surface area (Å²) in [7, 11) is 0. The van der Waals surface area contributed by atoms with Crippen LogP contribution in [0.3, 0.4) is 0 Å². The van der Waals surface area contributed by atoms with Crippen molar-refractivity contribution in [3.63, 3.8) is 0 Å². The molecular weight excluding hydrogens is 241 g/mol. The Hall–Kier alpha value is -1.23. The molecule has 0 bridgehead atoms. The summed E-state index contributed by atoms with van der Waals surface area (Å²) < 4.78 is 37.7. The lowest BCUT2D eigenvalue weighted by Crippen LogP contribution is -2.39. The molecule has 0 spiro atoms. The molecule has 0 unspecified atom stereocenters. The third-order valence-electron chi connectivity index (χ3n) is 3.51. The fraction of sp³-hybridized carbons (Fsp3) is 0.538. The van der Waals surface area contributed by atoms with Crippen LogP contribution in [-0.2, 0) is 6.54 Å². The average molecular weight is 258 g/mol. The van der Waals surface area contributed by atoms with E-state index in [1.807, 2.05) is 29.2 Å². The fourth-order valence-electron chi connectivity index (χ4n) is 2.44. The first-order valence-corrected chi connectivity index (χ1v) is 6.12. The minimum atomic E-state index is -4.06. The lowest BCUT2D eigenvalue weighted by atomic mass is 9.95. The van der Waals surface area contributed by atoms with E-state index in [1.54, 1.807) is 0 Å². The molecular formula is C13H17F3N2. The lowest BCUT2D eigenvalue weighted by molar-refractivity contribution is -0.179. The first kappa shape index (κ1) is 13.2. The molecule has 2 nitrogen and oxygen atoms in total. The molecule has 1 saturated heterocycles. The van der Waals surface area contributed by atoms with Crippen LogP contribution in [0.5, 0.6) is 0 Å². The topological polar surface area (TPSA) is 29.3 Å². The summed E-state index contributed by atoms with van der Waals surface area (Å²) in [5.41, 5.74) is 7.61. The SMILES string of the molecule is NCc1ccccc1N1CCC(C(F)(F)F)CC1. The van der Waals surface area contributed by atoms with Gasteiger partial charge in [0, 0.05) is 25.3 Å². The maximum Gasteiger partial charge on any atom is 0.391 e. The lowest BCUT2D eigenvalue weighted by Gasteiger charge is -2.35. The molecule has 0 atom stereocenters. The highest BCUT2D eigenvalue weighted by Gasteiger charge is 2.41. The van der Waals surface area contributed by atoms with Gasteiger partial charge in [0.15, 0.2) is 0 Å². The molecule has 0 saturated carbocycles. The summed E-state index contributed by atoms with van der Waals surface area (Å²) in [6, 6.07) is 7.64. The highest BCUT2D eigenvalue weighted by atomic mass is 19.4. The van der Waals surface area contributed by atoms with E-state index in [0.29, 0.717) is 19.6 Å². The minimum Gasteiger partial charge on any atom is -0.371 e. The highest BCUT2D eigenvalue weighted by molar-refractivity contribution is 5.53. The van der Waals surface area contributed by atoms with Gasteiger partial charge in [-0.25, -0.2) is 0 Å². The molecule has 1 heterocycles. The highest BCUT2D eigenvalue weighted by Crippen LogP contribution is 2.35. The molecule has 100 valence electrons. The normalized spacial score (nSPS) is 18.1. The molecule has 0 amide bonds. The summed E-state index contributed by atoms with van der Waals surface area (Å²) in [4.78, 5) is 2.00. The van der Waals surface area contributed by atoms with Gasteiger partial charge in [-0.2, -0.15) is 13.2 Å². The van der Waals surface area contributed by atoms with Crippen molar-refractivity contribution in [2.24, 2.45) is 11.7 Å². The third-order valence-corrected chi connectivity index (χ3v) is 3.51. The molecule has 0 aliphatic carbocycles. The number of halogens is 3. The van der Waals surface area contributed by atoms with E-state index in [1.165, 1.54) is 0 Å². The number of rotatable bonds is 2. The third kappa shape index (κ3) is 2.77. The molecule has 5 heteroatoms. The number of benzene rings is 1. The van der Waals surface area contributed by atoms with Crippen LogP contribution in [0, 0.1) is 5.92 Å². The Morgan fingerprint density at radius 2 is 1.78 bits per heavy atom. The first-order valence-electron chi connectivity index (χ1n) is 6.12. The van der Waals surface area contributed by atoms with Gasteiger partial charge in [0.05, 0.1) is 5.92 Å². The molecule has 1 aliphatic rings. The van der Waals surface area contributed by atoms with Crippen LogP contribution in [0.4, 0.5) is 18.9 Å². The second-order valence-electron chi connectivity index (χ2n) is 4.64. The number of nitrogens with two attached hydrogens (primary N) is 1. The molecule has 2 rings (SSSR count). The molecule has 1 fully saturated rings. The van der Waals surface area contributed by atoms with Gasteiger partial charge >= 0.3 is 6.18 Å². The predicted octanol–water partition coefficient (Wildman–Crippen LogP) is 2.92. The van der Waals surface area contributed by atoms with Crippen molar-refractivity contribution in [1.29, 1.82) is 0 Å². The van der Waals surface area contributed by atoms with Gasteiger partial charge in [0.25, 0.3) is 0 Å². The van der Waals surface area contributed by atoms with Gasteiger partial charge < -0.3 is 10.6 Å². The van der Waals surface area contributed by atoms with Gasteiger partial charge in [0.2, 0.25) is 0 Å². The van der Waals surface area contributed by atoms with Crippen LogP contribution in [0.2, 0.25) is 0 Å². The molecule has 18 heavy (non-hydrogen) atoms. The maximum absolute atomic E-state index is 12.6. The summed E-state index contributed by atoms with van der Waals surface area (Å²) in [5.74, 6) is -1.15. The first-order chi connectivity index (χ1) is 8.52. The fourth-order valence-corrected chi connectivity index (χ4v) is 2.44. The quantitative estimate of drug-likeness (QED) is 0.883. The molecule has 1 aromatic carbocycles. The zero-order valence-electron chi connectivity index (χ0n) is 10.1. The summed E-state index contributed by atoms with van der Waals surface area (Å²) in [6.07, 6.45) is -3.72. The van der Waals surface area contributed by atoms with Crippen molar-refractivity contribution in [1.82, 2.24) is 0 Å². The number of hydrogen-bond acceptors (Lipinski definition) is 2. The molecule has 0 radical (unpaired) electrons. The van der Waals surface area contributed by atoms with Crippen LogP contribution in [0.25, 0.3) is 0 Å². The van der Waals surface area contributed by atoms with Crippen LogP contribution in [-0.4, -0.2) is 19.3 Å². The summed E-state index contributed by atoms with van der Waals surface area (Å²) in [6.45, 7) is 1.30. The van der Waals surface area contributed by atoms with Crippen molar-refractivity contribution >= 4 is 5.69 Å². The number of alkyl halides is 3. The van der Waals surface area contributed by atoms with Crippen molar-refractivity contribution in [3.8, 4) is 0 Å². The Morgan fingerprint density at radius 1 is 1.17 bits per heavy atom. The Kier molecular flexibility index (Phi) is 3.80. The second kappa shape index (κ2) is 5.18. The monoisotopic (exact) mass is 258 g/mol. The van der Waals surface area contributed by atoms with Gasteiger partial charge in [-0.1, -0.05) is 18.2 Å². The Morgan fingerprint density at radius 3 is 2.33 bits per heavy atom. The molecule has 0 aromatic heterocycles. The Balaban J connectivity index is 2.06. The van der Waals surface area contributed by atoms with E-state index < -0.39 is 12.1 Å². The number of nitrogens with zero attached hydrogens (tertiary/aromatic N) is 1. The van der Waals surface area contributed by atoms with E-state index >= 15 is 0 Å². The van der Waals surface area contributed by atoms with E-state index in [-0.39, 0.29) is 12.8 Å². The Labute approximate surface area is 105 Å². The van der Waals surface area contributed by atoms with Crippen molar-refractivity contribution in [2.75, 3.05) is 18.0 Å². The van der Waals surface area contributed by atoms with E-state index in [2.05, 4.69) is 0 Å². The largest absolute Gasteiger partial charge is 0.391 e. The van der Waals surface area contributed by atoms with Crippen LogP contribution in [0.15, 0.2) is 24.3 Å². The minimum absolute atomic E-state index is 0.169. The number of piperidine rings is 1. The van der Waals surface area contributed by atoms with Gasteiger partial charge in [-0.15, -0.1) is 0 Å². The van der Waals surface area contributed by atoms with Crippen LogP contribution >= 0.6 is 0 Å². The second-order valence-corrected chi connectivity index (χ2v) is 4.64. The maximum atomic E-state index is 12.6. The van der Waals surface area contributed by atoms with Gasteiger partial charge in [0.1, 0.15) is 0 Å². The number of para-hydroxylation sites is 1. The predicted molar refractivity (Wildman–Crippen MR) is 65.3 cm³/mol. The smallest absolute Gasteiger partial charge is 0.371 e. The average Bonchev–Trinajstić information content (AvgIpc) is 2.38. The van der Waals surface area contributed by atoms with E-state index in [0.717, 1.165) is 11.3 Å². The number of anilines is 1. The molecule has 1 aliphatic heterocycles.